The predicted molar refractivity (Wildman–Crippen MR) is 46.6 cm³/mol. The van der Waals surface area contributed by atoms with Crippen LogP contribution in [0.5, 0.6) is 0 Å². The van der Waals surface area contributed by atoms with Gasteiger partial charge in [0.15, 0.2) is 0 Å². The van der Waals surface area contributed by atoms with E-state index in [2.05, 4.69) is 13.8 Å². The SMILES string of the molecule is COC(C)CCCC(C)CO. The van der Waals surface area contributed by atoms with Gasteiger partial charge in [0.25, 0.3) is 0 Å². The highest BCUT2D eigenvalue weighted by molar-refractivity contribution is 4.54. The van der Waals surface area contributed by atoms with Crippen LogP contribution < -0.4 is 0 Å². The molecule has 68 valence electrons. The average Bonchev–Trinajstić information content (AvgIpc) is 2.04. The second-order valence-corrected chi connectivity index (χ2v) is 3.26. The van der Waals surface area contributed by atoms with Crippen molar-refractivity contribution < 1.29 is 9.84 Å². The molecule has 0 aliphatic carbocycles. The highest BCUT2D eigenvalue weighted by atomic mass is 16.5. The van der Waals surface area contributed by atoms with E-state index < -0.39 is 0 Å². The number of hydrogen-bond acceptors (Lipinski definition) is 2. The molecule has 0 heterocycles. The highest BCUT2D eigenvalue weighted by Crippen LogP contribution is 2.09. The first-order valence-corrected chi connectivity index (χ1v) is 4.34. The van der Waals surface area contributed by atoms with Crippen molar-refractivity contribution >= 4 is 0 Å². The Morgan fingerprint density at radius 3 is 2.36 bits per heavy atom. The predicted octanol–water partition coefficient (Wildman–Crippen LogP) is 1.82. The van der Waals surface area contributed by atoms with Crippen LogP contribution in [0.4, 0.5) is 0 Å². The Morgan fingerprint density at radius 2 is 1.91 bits per heavy atom. The average molecular weight is 160 g/mol. The van der Waals surface area contributed by atoms with E-state index in [0.717, 1.165) is 19.3 Å². The van der Waals surface area contributed by atoms with Gasteiger partial charge in [-0.1, -0.05) is 13.3 Å². The molecule has 0 saturated heterocycles. The topological polar surface area (TPSA) is 29.5 Å². The fourth-order valence-electron chi connectivity index (χ4n) is 0.963. The van der Waals surface area contributed by atoms with Crippen molar-refractivity contribution in [2.45, 2.75) is 39.2 Å². The molecule has 2 atom stereocenters. The van der Waals surface area contributed by atoms with Gasteiger partial charge in [-0.15, -0.1) is 0 Å². The molecular formula is C9H20O2. The van der Waals surface area contributed by atoms with Gasteiger partial charge in [0.2, 0.25) is 0 Å². The zero-order valence-electron chi connectivity index (χ0n) is 7.84. The summed E-state index contributed by atoms with van der Waals surface area (Å²) < 4.78 is 5.10. The summed E-state index contributed by atoms with van der Waals surface area (Å²) in [6.45, 7) is 4.45. The molecule has 2 nitrogen and oxygen atoms in total. The van der Waals surface area contributed by atoms with E-state index in [-0.39, 0.29) is 0 Å². The summed E-state index contributed by atoms with van der Waals surface area (Å²) >= 11 is 0. The molecule has 0 fully saturated rings. The van der Waals surface area contributed by atoms with Crippen molar-refractivity contribution in [3.05, 3.63) is 0 Å². The smallest absolute Gasteiger partial charge is 0.0543 e. The third kappa shape index (κ3) is 6.32. The number of hydrogen-bond donors (Lipinski definition) is 1. The van der Waals surface area contributed by atoms with Crippen LogP contribution in [0.1, 0.15) is 33.1 Å². The van der Waals surface area contributed by atoms with E-state index in [0.29, 0.717) is 18.6 Å². The molecule has 0 spiro atoms. The second kappa shape index (κ2) is 6.62. The maximum absolute atomic E-state index is 8.73. The minimum Gasteiger partial charge on any atom is -0.396 e. The number of aliphatic hydroxyl groups excluding tert-OH is 1. The summed E-state index contributed by atoms with van der Waals surface area (Å²) in [6, 6.07) is 0. The monoisotopic (exact) mass is 160 g/mol. The molecule has 11 heavy (non-hydrogen) atoms. The zero-order valence-corrected chi connectivity index (χ0v) is 7.84. The van der Waals surface area contributed by atoms with Crippen LogP contribution in [0.25, 0.3) is 0 Å². The van der Waals surface area contributed by atoms with Crippen LogP contribution >= 0.6 is 0 Å². The number of rotatable bonds is 6. The zero-order chi connectivity index (χ0) is 8.69. The fraction of sp³-hybridized carbons (Fsp3) is 1.00. The van der Waals surface area contributed by atoms with Crippen molar-refractivity contribution in [2.75, 3.05) is 13.7 Å². The first-order chi connectivity index (χ1) is 5.20. The summed E-state index contributed by atoms with van der Waals surface area (Å²) in [5.74, 6) is 0.444. The molecule has 2 heteroatoms. The van der Waals surface area contributed by atoms with Gasteiger partial charge in [0.05, 0.1) is 6.10 Å². The first kappa shape index (κ1) is 10.9. The highest BCUT2D eigenvalue weighted by Gasteiger charge is 2.02. The van der Waals surface area contributed by atoms with Crippen LogP contribution in [0.3, 0.4) is 0 Å². The van der Waals surface area contributed by atoms with Crippen molar-refractivity contribution in [2.24, 2.45) is 5.92 Å². The van der Waals surface area contributed by atoms with Gasteiger partial charge < -0.3 is 9.84 Å². The van der Waals surface area contributed by atoms with Crippen molar-refractivity contribution in [3.63, 3.8) is 0 Å². The van der Waals surface area contributed by atoms with Crippen molar-refractivity contribution in [1.29, 1.82) is 0 Å². The maximum atomic E-state index is 8.73. The summed E-state index contributed by atoms with van der Waals surface area (Å²) in [5, 5.41) is 8.73. The van der Waals surface area contributed by atoms with E-state index >= 15 is 0 Å². The van der Waals surface area contributed by atoms with E-state index in [1.165, 1.54) is 0 Å². The fourth-order valence-corrected chi connectivity index (χ4v) is 0.963. The van der Waals surface area contributed by atoms with Crippen LogP contribution in [0.2, 0.25) is 0 Å². The molecule has 0 bridgehead atoms. The van der Waals surface area contributed by atoms with Crippen LogP contribution in [-0.2, 0) is 4.74 Å². The minimum atomic E-state index is 0.307. The van der Waals surface area contributed by atoms with E-state index in [1.54, 1.807) is 7.11 Å². The Balaban J connectivity index is 3.13. The molecule has 0 aromatic heterocycles. The van der Waals surface area contributed by atoms with Crippen molar-refractivity contribution in [3.8, 4) is 0 Å². The second-order valence-electron chi connectivity index (χ2n) is 3.26. The summed E-state index contributed by atoms with van der Waals surface area (Å²) in [7, 11) is 1.74. The Bertz CT molecular complexity index is 73.6. The molecule has 0 radical (unpaired) electrons. The van der Waals surface area contributed by atoms with Gasteiger partial charge in [0.1, 0.15) is 0 Å². The van der Waals surface area contributed by atoms with E-state index in [1.807, 2.05) is 0 Å². The van der Waals surface area contributed by atoms with Crippen LogP contribution in [0.15, 0.2) is 0 Å². The van der Waals surface area contributed by atoms with Gasteiger partial charge in [-0.25, -0.2) is 0 Å². The van der Waals surface area contributed by atoms with Gasteiger partial charge in [0, 0.05) is 13.7 Å². The van der Waals surface area contributed by atoms with E-state index in [9.17, 15) is 0 Å². The van der Waals surface area contributed by atoms with Gasteiger partial charge >= 0.3 is 0 Å². The third-order valence-corrected chi connectivity index (χ3v) is 2.02. The van der Waals surface area contributed by atoms with Gasteiger partial charge in [-0.3, -0.25) is 0 Å². The molecule has 1 N–H and O–H groups in total. The standard InChI is InChI=1S/C9H20O2/c1-8(7-10)5-4-6-9(2)11-3/h8-10H,4-7H2,1-3H3. The summed E-state index contributed by atoms with van der Waals surface area (Å²) in [4.78, 5) is 0. The molecule has 0 aliphatic rings. The Hall–Kier alpha value is -0.0800. The lowest BCUT2D eigenvalue weighted by Crippen LogP contribution is -2.06. The van der Waals surface area contributed by atoms with Crippen LogP contribution in [-0.4, -0.2) is 24.9 Å². The van der Waals surface area contributed by atoms with Gasteiger partial charge in [-0.2, -0.15) is 0 Å². The molecule has 0 saturated carbocycles. The molecule has 2 unspecified atom stereocenters. The molecule has 0 amide bonds. The Morgan fingerprint density at radius 1 is 1.27 bits per heavy atom. The molecule has 0 rings (SSSR count). The lowest BCUT2D eigenvalue weighted by molar-refractivity contribution is 0.106. The van der Waals surface area contributed by atoms with Crippen molar-refractivity contribution in [1.82, 2.24) is 0 Å². The molecular weight excluding hydrogens is 140 g/mol. The number of aliphatic hydroxyl groups is 1. The molecule has 0 aromatic carbocycles. The van der Waals surface area contributed by atoms with Gasteiger partial charge in [-0.05, 0) is 25.7 Å². The lowest BCUT2D eigenvalue weighted by atomic mass is 10.0. The minimum absolute atomic E-state index is 0.307. The first-order valence-electron chi connectivity index (χ1n) is 4.34. The lowest BCUT2D eigenvalue weighted by Gasteiger charge is -2.10. The number of ether oxygens (including phenoxy) is 1. The Labute approximate surface area is 69.6 Å². The van der Waals surface area contributed by atoms with Crippen LogP contribution in [0, 0.1) is 5.92 Å². The molecule has 0 aliphatic heterocycles. The normalized spacial score (nSPS) is 16.4. The summed E-state index contributed by atoms with van der Waals surface area (Å²) in [6.07, 6.45) is 3.71. The quantitative estimate of drug-likeness (QED) is 0.642. The summed E-state index contributed by atoms with van der Waals surface area (Å²) in [5.41, 5.74) is 0. The maximum Gasteiger partial charge on any atom is 0.0543 e. The number of methoxy groups -OCH3 is 1. The van der Waals surface area contributed by atoms with E-state index in [4.69, 9.17) is 9.84 Å². The third-order valence-electron chi connectivity index (χ3n) is 2.02. The Kier molecular flexibility index (Phi) is 6.57. The molecule has 0 aromatic rings. The largest absolute Gasteiger partial charge is 0.396 e.